The minimum Gasteiger partial charge on any atom is -0.462 e. The van der Waals surface area contributed by atoms with Gasteiger partial charge in [-0.1, -0.05) is 85.8 Å². The van der Waals surface area contributed by atoms with Crippen molar-refractivity contribution in [2.24, 2.45) is 16.7 Å². The van der Waals surface area contributed by atoms with E-state index in [2.05, 4.69) is 53.8 Å². The number of carbonyl (C=O) groups excluding carboxylic acids is 1. The Morgan fingerprint density at radius 2 is 1.71 bits per heavy atom. The van der Waals surface area contributed by atoms with Crippen LogP contribution in [0.3, 0.4) is 0 Å². The Kier molecular flexibility index (Phi) is 10.7. The number of rotatable bonds is 12. The molecule has 0 saturated carbocycles. The highest BCUT2D eigenvalue weighted by Crippen LogP contribution is 2.51. The maximum Gasteiger partial charge on any atom is 0.313 e. The van der Waals surface area contributed by atoms with E-state index < -0.39 is 16.3 Å². The fourth-order valence-electron chi connectivity index (χ4n) is 4.24. The van der Waals surface area contributed by atoms with Gasteiger partial charge in [-0.05, 0) is 50.2 Å². The van der Waals surface area contributed by atoms with Crippen molar-refractivity contribution in [2.45, 2.75) is 58.3 Å². The topological polar surface area (TPSA) is 84.6 Å². The highest BCUT2D eigenvalue weighted by Gasteiger charge is 2.52. The van der Waals surface area contributed by atoms with Crippen LogP contribution in [0.25, 0.3) is 0 Å². The number of esters is 1. The van der Waals surface area contributed by atoms with Gasteiger partial charge in [0.15, 0.2) is 0 Å². The van der Waals surface area contributed by atoms with Gasteiger partial charge in [0.25, 0.3) is 0 Å². The molecule has 0 aliphatic carbocycles. The zero-order valence-corrected chi connectivity index (χ0v) is 24.1. The molecule has 2 atom stereocenters. The fourth-order valence-corrected chi connectivity index (χ4v) is 6.29. The van der Waals surface area contributed by atoms with Crippen molar-refractivity contribution < 1.29 is 14.6 Å². The number of carbonyl (C=O) groups is 1. The SMILES string of the molecule is CC(C)(Cc1ccc([SiH])cc1)CC(C)(C(=O)OCC(O)CNN)C(C)(C)SC(=S)c1ccccc1. The highest BCUT2D eigenvalue weighted by molar-refractivity contribution is 8.24. The summed E-state index contributed by atoms with van der Waals surface area (Å²) in [6.45, 7) is 10.4. The van der Waals surface area contributed by atoms with Gasteiger partial charge in [-0.3, -0.25) is 16.1 Å². The van der Waals surface area contributed by atoms with Crippen molar-refractivity contribution in [3.63, 3.8) is 0 Å². The normalized spacial score (nSPS) is 14.7. The molecule has 0 amide bonds. The number of benzene rings is 2. The standard InChI is InChI=1S/C27H38N2O3S2Si/c1-25(2,15-19-11-13-22(35)14-12-19)18-27(5,24(31)32-17-21(30)16-29-28)26(3,4)34-23(33)20-9-7-6-8-10-20/h6-14,21,29-30,35H,15-18,28H2,1-5H3. The maximum absolute atomic E-state index is 13.7. The lowest BCUT2D eigenvalue weighted by Gasteiger charge is -2.46. The smallest absolute Gasteiger partial charge is 0.313 e. The van der Waals surface area contributed by atoms with E-state index in [0.717, 1.165) is 21.4 Å². The summed E-state index contributed by atoms with van der Waals surface area (Å²) in [4.78, 5) is 13.7. The molecule has 2 rings (SSSR count). The van der Waals surface area contributed by atoms with Crippen LogP contribution in [-0.2, 0) is 16.0 Å². The number of thioether (sulfide) groups is 1. The van der Waals surface area contributed by atoms with Crippen molar-refractivity contribution in [3.8, 4) is 0 Å². The van der Waals surface area contributed by atoms with Gasteiger partial charge in [0.05, 0.1) is 19.9 Å². The van der Waals surface area contributed by atoms with E-state index in [1.165, 1.54) is 17.3 Å². The van der Waals surface area contributed by atoms with Crippen LogP contribution in [-0.4, -0.2) is 49.5 Å². The molecule has 35 heavy (non-hydrogen) atoms. The Labute approximate surface area is 223 Å². The predicted molar refractivity (Wildman–Crippen MR) is 152 cm³/mol. The second-order valence-corrected chi connectivity index (χ2v) is 13.5. The molecule has 2 aromatic carbocycles. The van der Waals surface area contributed by atoms with E-state index >= 15 is 0 Å². The minimum absolute atomic E-state index is 0.126. The van der Waals surface area contributed by atoms with Gasteiger partial charge in [0.2, 0.25) is 0 Å². The van der Waals surface area contributed by atoms with Gasteiger partial charge in [0.1, 0.15) is 12.7 Å². The van der Waals surface area contributed by atoms with Crippen LogP contribution in [0.2, 0.25) is 0 Å². The van der Waals surface area contributed by atoms with E-state index in [1.807, 2.05) is 51.1 Å². The summed E-state index contributed by atoms with van der Waals surface area (Å²) in [6.07, 6.45) is 0.502. The summed E-state index contributed by atoms with van der Waals surface area (Å²) in [5.74, 6) is 4.95. The third kappa shape index (κ3) is 8.51. The molecule has 8 heteroatoms. The Hall–Kier alpha value is -1.55. The summed E-state index contributed by atoms with van der Waals surface area (Å²) in [7, 11) is 2.71. The molecule has 0 fully saturated rings. The number of hydrogen-bond acceptors (Lipinski definition) is 7. The molecule has 0 saturated heterocycles. The molecule has 4 N–H and O–H groups in total. The van der Waals surface area contributed by atoms with Crippen molar-refractivity contribution in [3.05, 3.63) is 65.7 Å². The number of hydrazine groups is 1. The molecular formula is C27H38N2O3S2Si. The van der Waals surface area contributed by atoms with Crippen LogP contribution in [0.4, 0.5) is 0 Å². The van der Waals surface area contributed by atoms with Crippen molar-refractivity contribution in [1.82, 2.24) is 5.43 Å². The van der Waals surface area contributed by atoms with Crippen LogP contribution >= 0.6 is 24.0 Å². The van der Waals surface area contributed by atoms with E-state index in [4.69, 9.17) is 22.8 Å². The molecule has 0 bridgehead atoms. The van der Waals surface area contributed by atoms with Crippen LogP contribution in [0, 0.1) is 10.8 Å². The minimum atomic E-state index is -0.892. The fraction of sp³-hybridized carbons (Fsp3) is 0.481. The molecule has 2 radical (unpaired) electrons. The zero-order valence-electron chi connectivity index (χ0n) is 21.3. The first-order valence-electron chi connectivity index (χ1n) is 11.7. The first-order chi connectivity index (χ1) is 16.3. The lowest BCUT2D eigenvalue weighted by atomic mass is 9.66. The van der Waals surface area contributed by atoms with Gasteiger partial charge in [-0.2, -0.15) is 0 Å². The molecule has 2 unspecified atom stereocenters. The maximum atomic E-state index is 13.7. The average molecular weight is 531 g/mol. The van der Waals surface area contributed by atoms with E-state index in [-0.39, 0.29) is 24.5 Å². The van der Waals surface area contributed by atoms with Gasteiger partial charge in [-0.15, -0.1) is 11.8 Å². The molecular weight excluding hydrogens is 493 g/mol. The number of aliphatic hydroxyl groups excluding tert-OH is 1. The largest absolute Gasteiger partial charge is 0.462 e. The molecule has 2 aromatic rings. The third-order valence-corrected chi connectivity index (χ3v) is 8.64. The molecule has 0 aliphatic rings. The highest BCUT2D eigenvalue weighted by atomic mass is 32.2. The van der Waals surface area contributed by atoms with Crippen molar-refractivity contribution in [1.29, 1.82) is 0 Å². The number of nitrogens with one attached hydrogen (secondary N) is 1. The van der Waals surface area contributed by atoms with E-state index in [1.54, 1.807) is 0 Å². The quantitative estimate of drug-likeness (QED) is 0.127. The Bertz CT molecular complexity index is 984. The van der Waals surface area contributed by atoms with Crippen molar-refractivity contribution >= 4 is 49.6 Å². The molecule has 190 valence electrons. The van der Waals surface area contributed by atoms with Crippen LogP contribution in [0.1, 0.15) is 52.2 Å². The summed E-state index contributed by atoms with van der Waals surface area (Å²) in [5, 5.41) is 11.2. The number of hydrogen-bond donors (Lipinski definition) is 3. The lowest BCUT2D eigenvalue weighted by Crippen LogP contribution is -2.50. The molecule has 0 spiro atoms. The monoisotopic (exact) mass is 530 g/mol. The summed E-state index contributed by atoms with van der Waals surface area (Å²) in [6, 6.07) is 18.2. The molecule has 0 aliphatic heterocycles. The van der Waals surface area contributed by atoms with Crippen LogP contribution in [0.5, 0.6) is 0 Å². The molecule has 0 aromatic heterocycles. The summed E-state index contributed by atoms with van der Waals surface area (Å²) >= 11 is 7.29. The Balaban J connectivity index is 2.33. The lowest BCUT2D eigenvalue weighted by molar-refractivity contribution is -0.161. The first-order valence-corrected chi connectivity index (χ1v) is 13.5. The van der Waals surface area contributed by atoms with Crippen LogP contribution in [0.15, 0.2) is 54.6 Å². The van der Waals surface area contributed by atoms with Gasteiger partial charge in [-0.25, -0.2) is 0 Å². The number of nitrogens with two attached hydrogens (primary N) is 1. The molecule has 0 heterocycles. The summed E-state index contributed by atoms with van der Waals surface area (Å²) in [5.41, 5.74) is 3.48. The third-order valence-electron chi connectivity index (χ3n) is 6.39. The summed E-state index contributed by atoms with van der Waals surface area (Å²) < 4.78 is 5.81. The number of thiocarbonyl (C=S) groups is 1. The molecule has 5 nitrogen and oxygen atoms in total. The van der Waals surface area contributed by atoms with Gasteiger partial charge in [0, 0.05) is 11.3 Å². The first kappa shape index (κ1) is 29.7. The zero-order chi connectivity index (χ0) is 26.3. The van der Waals surface area contributed by atoms with E-state index in [9.17, 15) is 9.90 Å². The average Bonchev–Trinajstić information content (AvgIpc) is 2.78. The Morgan fingerprint density at radius 3 is 2.29 bits per heavy atom. The number of aliphatic hydroxyl groups is 1. The Morgan fingerprint density at radius 1 is 1.11 bits per heavy atom. The second-order valence-electron chi connectivity index (χ2n) is 10.5. The van der Waals surface area contributed by atoms with Crippen LogP contribution < -0.4 is 16.5 Å². The van der Waals surface area contributed by atoms with E-state index in [0.29, 0.717) is 6.42 Å². The predicted octanol–water partition coefficient (Wildman–Crippen LogP) is 3.43. The van der Waals surface area contributed by atoms with Gasteiger partial charge < -0.3 is 9.84 Å². The number of ether oxygens (including phenoxy) is 1. The second kappa shape index (κ2) is 12.6. The van der Waals surface area contributed by atoms with Crippen molar-refractivity contribution in [2.75, 3.05) is 13.2 Å². The van der Waals surface area contributed by atoms with Gasteiger partial charge >= 0.3 is 5.97 Å².